The van der Waals surface area contributed by atoms with Crippen LogP contribution < -0.4 is 0 Å². The average Bonchev–Trinajstić information content (AvgIpc) is 2.07. The first-order valence-electron chi connectivity index (χ1n) is 5.30. The fourth-order valence-corrected chi connectivity index (χ4v) is 2.18. The molecule has 0 spiro atoms. The summed E-state index contributed by atoms with van der Waals surface area (Å²) >= 11 is 0. The highest BCUT2D eigenvalue weighted by Gasteiger charge is 2.34. The lowest BCUT2D eigenvalue weighted by molar-refractivity contribution is -0.0121. The third-order valence-electron chi connectivity index (χ3n) is 2.76. The van der Waals surface area contributed by atoms with E-state index in [0.29, 0.717) is 18.2 Å². The lowest BCUT2D eigenvalue weighted by Crippen LogP contribution is -2.51. The minimum atomic E-state index is -0.367. The molecule has 0 unspecified atom stereocenters. The Bertz CT molecular complexity index is 223. The van der Waals surface area contributed by atoms with Crippen LogP contribution >= 0.6 is 0 Å². The second-order valence-electron chi connectivity index (χ2n) is 4.60. The number of hydrogen-bond acceptors (Lipinski definition) is 3. The van der Waals surface area contributed by atoms with Crippen molar-refractivity contribution in [3.63, 3.8) is 0 Å². The third-order valence-corrected chi connectivity index (χ3v) is 2.76. The van der Waals surface area contributed by atoms with E-state index in [1.165, 1.54) is 0 Å². The van der Waals surface area contributed by atoms with Gasteiger partial charge in [-0.3, -0.25) is 0 Å². The van der Waals surface area contributed by atoms with Gasteiger partial charge in [-0.05, 0) is 32.3 Å². The van der Waals surface area contributed by atoms with Crippen LogP contribution in [0.2, 0.25) is 0 Å². The van der Waals surface area contributed by atoms with Crippen LogP contribution in [0.15, 0.2) is 12.0 Å². The highest BCUT2D eigenvalue weighted by atomic mass is 16.3. The molecule has 3 heteroatoms. The second-order valence-corrected chi connectivity index (χ2v) is 4.60. The summed E-state index contributed by atoms with van der Waals surface area (Å²) < 4.78 is 0. The highest BCUT2D eigenvalue weighted by Crippen LogP contribution is 2.27. The number of rotatable bonds is 2. The molecule has 0 saturated heterocycles. The van der Waals surface area contributed by atoms with Crippen LogP contribution in [-0.4, -0.2) is 33.3 Å². The zero-order valence-electron chi connectivity index (χ0n) is 9.44. The van der Waals surface area contributed by atoms with Crippen LogP contribution in [0.1, 0.15) is 34.1 Å². The Hall–Kier alpha value is -0.700. The van der Waals surface area contributed by atoms with Crippen molar-refractivity contribution in [2.24, 2.45) is 5.92 Å². The minimum absolute atomic E-state index is 0.0278. The van der Waals surface area contributed by atoms with Crippen LogP contribution in [0.5, 0.6) is 0 Å². The van der Waals surface area contributed by atoms with E-state index in [1.807, 2.05) is 18.7 Å². The average molecular weight is 199 g/mol. The van der Waals surface area contributed by atoms with Crippen molar-refractivity contribution in [1.29, 1.82) is 0 Å². The van der Waals surface area contributed by atoms with Crippen molar-refractivity contribution in [3.05, 3.63) is 12.0 Å². The maximum atomic E-state index is 9.88. The van der Waals surface area contributed by atoms with Gasteiger partial charge in [-0.1, -0.05) is 13.8 Å². The van der Waals surface area contributed by atoms with Gasteiger partial charge in [0.1, 0.15) is 0 Å². The summed E-state index contributed by atoms with van der Waals surface area (Å²) in [6.07, 6.45) is 1.88. The molecule has 0 radical (unpaired) electrons. The molecular formula is C11H21NO2. The summed E-state index contributed by atoms with van der Waals surface area (Å²) in [6.45, 7) is 8.19. The smallest absolute Gasteiger partial charge is 0.183 e. The first kappa shape index (κ1) is 11.4. The molecule has 1 rings (SSSR count). The summed E-state index contributed by atoms with van der Waals surface area (Å²) in [5.41, 5.74) is 0. The van der Waals surface area contributed by atoms with Gasteiger partial charge in [-0.15, -0.1) is 0 Å². The van der Waals surface area contributed by atoms with Gasteiger partial charge in [0.05, 0.1) is 12.1 Å². The van der Waals surface area contributed by atoms with Crippen molar-refractivity contribution in [3.8, 4) is 0 Å². The Labute approximate surface area is 86.0 Å². The van der Waals surface area contributed by atoms with Gasteiger partial charge in [0.15, 0.2) is 5.88 Å². The topological polar surface area (TPSA) is 43.7 Å². The highest BCUT2D eigenvalue weighted by molar-refractivity contribution is 5.05. The Kier molecular flexibility index (Phi) is 3.43. The van der Waals surface area contributed by atoms with E-state index < -0.39 is 0 Å². The first-order chi connectivity index (χ1) is 6.45. The molecular weight excluding hydrogens is 178 g/mol. The Morgan fingerprint density at radius 1 is 1.36 bits per heavy atom. The molecule has 0 aliphatic carbocycles. The van der Waals surface area contributed by atoms with Crippen LogP contribution in [0.4, 0.5) is 0 Å². The van der Waals surface area contributed by atoms with Gasteiger partial charge in [-0.25, -0.2) is 0 Å². The summed E-state index contributed by atoms with van der Waals surface area (Å²) in [6, 6.07) is 0.244. The fourth-order valence-electron chi connectivity index (χ4n) is 2.18. The maximum absolute atomic E-state index is 9.88. The fraction of sp³-hybridized carbons (Fsp3) is 0.818. The van der Waals surface area contributed by atoms with E-state index in [2.05, 4.69) is 13.8 Å². The second kappa shape index (κ2) is 4.22. The molecule has 1 aliphatic heterocycles. The van der Waals surface area contributed by atoms with E-state index >= 15 is 0 Å². The van der Waals surface area contributed by atoms with E-state index in [1.54, 1.807) is 6.08 Å². The van der Waals surface area contributed by atoms with Crippen molar-refractivity contribution >= 4 is 0 Å². The zero-order valence-corrected chi connectivity index (χ0v) is 9.44. The van der Waals surface area contributed by atoms with Gasteiger partial charge in [0, 0.05) is 6.04 Å². The summed E-state index contributed by atoms with van der Waals surface area (Å²) in [5, 5.41) is 19.6. The van der Waals surface area contributed by atoms with Crippen LogP contribution in [-0.2, 0) is 0 Å². The molecule has 1 aliphatic rings. The number of nitrogens with zero attached hydrogens (tertiary/aromatic N) is 1. The molecule has 1 heterocycles. The molecule has 0 bridgehead atoms. The summed E-state index contributed by atoms with van der Waals surface area (Å²) in [7, 11) is 0. The van der Waals surface area contributed by atoms with Crippen molar-refractivity contribution in [2.45, 2.75) is 52.3 Å². The van der Waals surface area contributed by atoms with E-state index in [9.17, 15) is 10.2 Å². The number of aliphatic hydroxyl groups excluding tert-OH is 2. The normalized spacial score (nSPS) is 28.5. The molecule has 0 aromatic carbocycles. The van der Waals surface area contributed by atoms with Crippen LogP contribution in [0.3, 0.4) is 0 Å². The molecule has 0 amide bonds. The van der Waals surface area contributed by atoms with E-state index in [4.69, 9.17) is 0 Å². The molecule has 14 heavy (non-hydrogen) atoms. The van der Waals surface area contributed by atoms with Crippen molar-refractivity contribution in [2.75, 3.05) is 0 Å². The minimum Gasteiger partial charge on any atom is -0.495 e. The molecule has 82 valence electrons. The molecule has 0 aromatic heterocycles. The van der Waals surface area contributed by atoms with Crippen LogP contribution in [0.25, 0.3) is 0 Å². The predicted octanol–water partition coefficient (Wildman–Crippen LogP) is 1.89. The number of hydrogen-bond donors (Lipinski definition) is 2. The van der Waals surface area contributed by atoms with Gasteiger partial charge >= 0.3 is 0 Å². The van der Waals surface area contributed by atoms with Crippen molar-refractivity contribution in [1.82, 2.24) is 4.90 Å². The lowest BCUT2D eigenvalue weighted by atomic mass is 9.91. The first-order valence-corrected chi connectivity index (χ1v) is 5.30. The number of aliphatic hydroxyl groups is 2. The van der Waals surface area contributed by atoms with Gasteiger partial charge in [-0.2, -0.15) is 0 Å². The van der Waals surface area contributed by atoms with Gasteiger partial charge in [0.2, 0.25) is 0 Å². The lowest BCUT2D eigenvalue weighted by Gasteiger charge is -2.43. The molecule has 0 saturated carbocycles. The quantitative estimate of drug-likeness (QED) is 0.713. The third kappa shape index (κ3) is 2.03. The van der Waals surface area contributed by atoms with E-state index in [0.717, 1.165) is 0 Å². The largest absolute Gasteiger partial charge is 0.495 e. The molecule has 2 N–H and O–H groups in total. The predicted molar refractivity (Wildman–Crippen MR) is 56.9 cm³/mol. The molecule has 0 fully saturated rings. The van der Waals surface area contributed by atoms with Gasteiger partial charge in [0.25, 0.3) is 0 Å². The summed E-state index contributed by atoms with van der Waals surface area (Å²) in [5.74, 6) is 0.646. The summed E-state index contributed by atoms with van der Waals surface area (Å²) in [4.78, 5) is 1.90. The standard InChI is InChI=1S/C11H21NO2/c1-7(2)11-9(13)5-6-10(14)12(11)8(3)4/h6-9,11,13-14H,5H2,1-4H3/t9-,11+/m1/s1. The van der Waals surface area contributed by atoms with E-state index in [-0.39, 0.29) is 18.2 Å². The Balaban J connectivity index is 2.92. The Morgan fingerprint density at radius 3 is 2.29 bits per heavy atom. The van der Waals surface area contributed by atoms with Gasteiger partial charge < -0.3 is 15.1 Å². The zero-order chi connectivity index (χ0) is 10.9. The Morgan fingerprint density at radius 2 is 1.93 bits per heavy atom. The molecule has 3 nitrogen and oxygen atoms in total. The SMILES string of the molecule is CC(C)[C@H]1[C@H](O)CC=C(O)N1C(C)C. The molecule has 2 atom stereocenters. The maximum Gasteiger partial charge on any atom is 0.183 e. The van der Waals surface area contributed by atoms with Crippen LogP contribution in [0, 0.1) is 5.92 Å². The van der Waals surface area contributed by atoms with Crippen molar-refractivity contribution < 1.29 is 10.2 Å². The molecule has 0 aromatic rings. The monoisotopic (exact) mass is 199 g/mol.